The first-order valence-electron chi connectivity index (χ1n) is 10.4. The van der Waals surface area contributed by atoms with E-state index in [0.29, 0.717) is 23.5 Å². The van der Waals surface area contributed by atoms with Gasteiger partial charge in [-0.3, -0.25) is 9.59 Å². The molecule has 0 aliphatic carbocycles. The summed E-state index contributed by atoms with van der Waals surface area (Å²) in [5.74, 6) is -1.63. The Labute approximate surface area is 195 Å². The Morgan fingerprint density at radius 1 is 0.941 bits per heavy atom. The first-order chi connectivity index (χ1) is 16.5. The second-order valence-electron chi connectivity index (χ2n) is 6.88. The molecule has 0 aliphatic heterocycles. The largest absolute Gasteiger partial charge is 0.490 e. The molecule has 8 nitrogen and oxygen atoms in total. The van der Waals surface area contributed by atoms with E-state index in [1.54, 1.807) is 55.5 Å². The fraction of sp³-hybridized carbons (Fsp3) is 0.120. The Kier molecular flexibility index (Phi) is 8.45. The molecule has 0 fully saturated rings. The third-order valence-electron chi connectivity index (χ3n) is 4.38. The lowest BCUT2D eigenvalue weighted by Crippen LogP contribution is -2.34. The van der Waals surface area contributed by atoms with Crippen molar-refractivity contribution < 1.29 is 28.2 Å². The smallest absolute Gasteiger partial charge is 0.343 e. The van der Waals surface area contributed by atoms with Gasteiger partial charge in [0.1, 0.15) is 5.82 Å². The normalized spacial score (nSPS) is 10.5. The van der Waals surface area contributed by atoms with Crippen molar-refractivity contribution in [1.82, 2.24) is 10.7 Å². The van der Waals surface area contributed by atoms with E-state index in [2.05, 4.69) is 15.8 Å². The zero-order chi connectivity index (χ0) is 24.3. The van der Waals surface area contributed by atoms with Crippen LogP contribution in [0.3, 0.4) is 0 Å². The van der Waals surface area contributed by atoms with Gasteiger partial charge in [-0.2, -0.15) is 5.10 Å². The predicted octanol–water partition coefficient (Wildman–Crippen LogP) is 3.32. The number of amides is 2. The van der Waals surface area contributed by atoms with Crippen LogP contribution in [0.5, 0.6) is 11.5 Å². The molecule has 0 saturated carbocycles. The van der Waals surface area contributed by atoms with Crippen molar-refractivity contribution in [3.63, 3.8) is 0 Å². The van der Waals surface area contributed by atoms with Crippen molar-refractivity contribution in [1.29, 1.82) is 0 Å². The van der Waals surface area contributed by atoms with E-state index in [0.717, 1.165) is 6.07 Å². The molecular weight excluding hydrogens is 441 g/mol. The molecule has 0 radical (unpaired) electrons. The van der Waals surface area contributed by atoms with Crippen LogP contribution in [0.4, 0.5) is 4.39 Å². The molecule has 0 saturated heterocycles. The number of ether oxygens (including phenoxy) is 2. The fourth-order valence-electron chi connectivity index (χ4n) is 2.80. The van der Waals surface area contributed by atoms with Crippen LogP contribution in [-0.2, 0) is 4.79 Å². The average molecular weight is 463 g/mol. The van der Waals surface area contributed by atoms with Crippen LogP contribution in [0.15, 0.2) is 77.9 Å². The SMILES string of the molecule is CCOc1cc(/C=N/NC(=O)CNC(=O)c2cccc(F)c2)ccc1OC(=O)c1ccccc1. The molecule has 2 amide bonds. The van der Waals surface area contributed by atoms with Crippen molar-refractivity contribution in [3.8, 4) is 11.5 Å². The molecule has 34 heavy (non-hydrogen) atoms. The monoisotopic (exact) mass is 463 g/mol. The fourth-order valence-corrected chi connectivity index (χ4v) is 2.80. The molecular formula is C25H22FN3O5. The number of carbonyl (C=O) groups excluding carboxylic acids is 3. The number of rotatable bonds is 9. The maximum absolute atomic E-state index is 13.2. The van der Waals surface area contributed by atoms with Gasteiger partial charge in [-0.1, -0.05) is 24.3 Å². The number of carbonyl (C=O) groups is 3. The molecule has 0 bridgehead atoms. The lowest BCUT2D eigenvalue weighted by molar-refractivity contribution is -0.120. The van der Waals surface area contributed by atoms with Gasteiger partial charge in [0.25, 0.3) is 11.8 Å². The summed E-state index contributed by atoms with van der Waals surface area (Å²) < 4.78 is 24.2. The van der Waals surface area contributed by atoms with E-state index in [-0.39, 0.29) is 17.9 Å². The number of esters is 1. The van der Waals surface area contributed by atoms with E-state index in [9.17, 15) is 18.8 Å². The molecule has 0 aliphatic rings. The van der Waals surface area contributed by atoms with Gasteiger partial charge in [0.15, 0.2) is 11.5 Å². The second kappa shape index (κ2) is 11.9. The Morgan fingerprint density at radius 2 is 1.71 bits per heavy atom. The standard InChI is InChI=1S/C25H22FN3O5/c1-2-33-22-13-17(11-12-21(22)34-25(32)18-7-4-3-5-8-18)15-28-29-23(30)16-27-24(31)19-9-6-10-20(26)14-19/h3-15H,2,16H2,1H3,(H,27,31)(H,29,30)/b28-15+. The third-order valence-corrected chi connectivity index (χ3v) is 4.38. The quantitative estimate of drug-likeness (QED) is 0.219. The van der Waals surface area contributed by atoms with Gasteiger partial charge in [-0.05, 0) is 61.0 Å². The molecule has 0 spiro atoms. The minimum Gasteiger partial charge on any atom is -0.490 e. The number of hydrogen-bond donors (Lipinski definition) is 2. The Morgan fingerprint density at radius 3 is 2.44 bits per heavy atom. The van der Waals surface area contributed by atoms with Gasteiger partial charge >= 0.3 is 5.97 Å². The summed E-state index contributed by atoms with van der Waals surface area (Å²) in [5.41, 5.74) is 3.37. The van der Waals surface area contributed by atoms with Crippen LogP contribution in [0, 0.1) is 5.82 Å². The molecule has 0 atom stereocenters. The number of benzene rings is 3. The van der Waals surface area contributed by atoms with Gasteiger partial charge in [0, 0.05) is 5.56 Å². The molecule has 0 heterocycles. The summed E-state index contributed by atoms with van der Waals surface area (Å²) in [4.78, 5) is 36.2. The van der Waals surface area contributed by atoms with E-state index >= 15 is 0 Å². The van der Waals surface area contributed by atoms with Crippen LogP contribution < -0.4 is 20.2 Å². The van der Waals surface area contributed by atoms with Crippen LogP contribution in [-0.4, -0.2) is 37.1 Å². The maximum atomic E-state index is 13.2. The van der Waals surface area contributed by atoms with E-state index in [1.807, 2.05) is 0 Å². The highest BCUT2D eigenvalue weighted by Crippen LogP contribution is 2.29. The summed E-state index contributed by atoms with van der Waals surface area (Å²) in [7, 11) is 0. The number of hydrogen-bond acceptors (Lipinski definition) is 6. The zero-order valence-electron chi connectivity index (χ0n) is 18.3. The second-order valence-corrected chi connectivity index (χ2v) is 6.88. The molecule has 2 N–H and O–H groups in total. The molecule has 0 aromatic heterocycles. The van der Waals surface area contributed by atoms with Gasteiger partial charge in [-0.25, -0.2) is 14.6 Å². The van der Waals surface area contributed by atoms with Crippen molar-refractivity contribution in [2.24, 2.45) is 5.10 Å². The third kappa shape index (κ3) is 6.99. The molecule has 174 valence electrons. The first-order valence-corrected chi connectivity index (χ1v) is 10.4. The van der Waals surface area contributed by atoms with Gasteiger partial charge in [-0.15, -0.1) is 0 Å². The van der Waals surface area contributed by atoms with Crippen molar-refractivity contribution >= 4 is 24.0 Å². The number of nitrogens with one attached hydrogen (secondary N) is 2. The highest BCUT2D eigenvalue weighted by atomic mass is 19.1. The van der Waals surface area contributed by atoms with Gasteiger partial charge in [0.2, 0.25) is 0 Å². The minimum atomic E-state index is -0.583. The van der Waals surface area contributed by atoms with Crippen molar-refractivity contribution in [2.75, 3.05) is 13.2 Å². The van der Waals surface area contributed by atoms with E-state index in [4.69, 9.17) is 9.47 Å². The summed E-state index contributed by atoms with van der Waals surface area (Å²) in [5, 5.41) is 6.23. The Bertz CT molecular complexity index is 1200. The highest BCUT2D eigenvalue weighted by molar-refractivity contribution is 5.96. The summed E-state index contributed by atoms with van der Waals surface area (Å²) in [6.45, 7) is 1.80. The minimum absolute atomic E-state index is 0.104. The molecule has 3 rings (SSSR count). The molecule has 3 aromatic rings. The molecule has 9 heteroatoms. The van der Waals surface area contributed by atoms with E-state index < -0.39 is 23.6 Å². The lowest BCUT2D eigenvalue weighted by Gasteiger charge is -2.11. The maximum Gasteiger partial charge on any atom is 0.343 e. The van der Waals surface area contributed by atoms with E-state index in [1.165, 1.54) is 24.4 Å². The van der Waals surface area contributed by atoms with Crippen LogP contribution in [0.1, 0.15) is 33.2 Å². The Hall–Kier alpha value is -4.53. The van der Waals surface area contributed by atoms with Crippen molar-refractivity contribution in [2.45, 2.75) is 6.92 Å². The number of hydrazone groups is 1. The summed E-state index contributed by atoms with van der Waals surface area (Å²) in [6.07, 6.45) is 1.37. The highest BCUT2D eigenvalue weighted by Gasteiger charge is 2.13. The summed E-state index contributed by atoms with van der Waals surface area (Å²) >= 11 is 0. The molecule has 3 aromatic carbocycles. The Balaban J connectivity index is 1.56. The topological polar surface area (TPSA) is 106 Å². The van der Waals surface area contributed by atoms with Crippen LogP contribution in [0.25, 0.3) is 0 Å². The number of nitrogens with zero attached hydrogens (tertiary/aromatic N) is 1. The zero-order valence-corrected chi connectivity index (χ0v) is 18.3. The number of halogens is 1. The van der Waals surface area contributed by atoms with Gasteiger partial charge in [0.05, 0.1) is 24.9 Å². The van der Waals surface area contributed by atoms with Crippen LogP contribution >= 0.6 is 0 Å². The average Bonchev–Trinajstić information content (AvgIpc) is 2.84. The van der Waals surface area contributed by atoms with Crippen LogP contribution in [0.2, 0.25) is 0 Å². The van der Waals surface area contributed by atoms with Crippen molar-refractivity contribution in [3.05, 3.63) is 95.3 Å². The molecule has 0 unspecified atom stereocenters. The van der Waals surface area contributed by atoms with Gasteiger partial charge < -0.3 is 14.8 Å². The summed E-state index contributed by atoms with van der Waals surface area (Å²) in [6, 6.07) is 18.5. The first kappa shape index (κ1) is 24.1. The predicted molar refractivity (Wildman–Crippen MR) is 123 cm³/mol. The lowest BCUT2D eigenvalue weighted by atomic mass is 10.2.